The van der Waals surface area contributed by atoms with E-state index >= 15 is 0 Å². The molecule has 0 radical (unpaired) electrons. The minimum atomic E-state index is 0.914. The van der Waals surface area contributed by atoms with Crippen LogP contribution >= 0.6 is 0 Å². The van der Waals surface area contributed by atoms with Crippen LogP contribution in [0.25, 0.3) is 0 Å². The molecule has 0 saturated heterocycles. The lowest BCUT2D eigenvalue weighted by molar-refractivity contribution is 0.427. The van der Waals surface area contributed by atoms with Crippen LogP contribution in [0.1, 0.15) is 43.4 Å². The molecule has 18 heavy (non-hydrogen) atoms. The maximum absolute atomic E-state index is 4.46. The molecule has 2 fully saturated rings. The summed E-state index contributed by atoms with van der Waals surface area (Å²) >= 11 is 0. The molecule has 0 aliphatic heterocycles. The molecule has 2 saturated carbocycles. The van der Waals surface area contributed by atoms with Gasteiger partial charge in [-0.2, -0.15) is 0 Å². The number of aromatic nitrogens is 2. The summed E-state index contributed by atoms with van der Waals surface area (Å²) < 4.78 is 0. The van der Waals surface area contributed by atoms with Crippen LogP contribution in [0, 0.1) is 17.8 Å². The van der Waals surface area contributed by atoms with E-state index in [9.17, 15) is 0 Å². The molecule has 0 atom stereocenters. The standard InChI is InChI=1S/C15H21N3/c1-2-12-14(3-1)17-9-18-15(12)16-8-13(10-4-5-10)11-6-7-11/h9-11,13H,1-8H2,(H,16,17,18). The smallest absolute Gasteiger partial charge is 0.132 e. The van der Waals surface area contributed by atoms with Crippen molar-refractivity contribution in [1.29, 1.82) is 0 Å². The summed E-state index contributed by atoms with van der Waals surface area (Å²) in [7, 11) is 0. The van der Waals surface area contributed by atoms with Crippen molar-refractivity contribution in [3.8, 4) is 0 Å². The molecule has 0 unspecified atom stereocenters. The van der Waals surface area contributed by atoms with E-state index in [0.29, 0.717) is 0 Å². The number of aryl methyl sites for hydroxylation is 1. The van der Waals surface area contributed by atoms with Crippen LogP contribution < -0.4 is 5.32 Å². The SMILES string of the molecule is c1nc2c(c(NCC(C3CC3)C3CC3)n1)CCC2. The molecule has 0 aromatic carbocycles. The van der Waals surface area contributed by atoms with Gasteiger partial charge in [0.05, 0.1) is 0 Å². The Balaban J connectivity index is 1.46. The van der Waals surface area contributed by atoms with Crippen LogP contribution in [0.4, 0.5) is 5.82 Å². The molecule has 3 aliphatic carbocycles. The number of rotatable bonds is 5. The van der Waals surface area contributed by atoms with Crippen molar-refractivity contribution in [2.24, 2.45) is 17.8 Å². The molecule has 0 bridgehead atoms. The first kappa shape index (κ1) is 10.8. The quantitative estimate of drug-likeness (QED) is 0.864. The lowest BCUT2D eigenvalue weighted by Gasteiger charge is -2.17. The first-order valence-electron chi connectivity index (χ1n) is 7.48. The zero-order chi connectivity index (χ0) is 11.9. The van der Waals surface area contributed by atoms with Crippen LogP contribution in [0.15, 0.2) is 6.33 Å². The van der Waals surface area contributed by atoms with Gasteiger partial charge >= 0.3 is 0 Å². The Labute approximate surface area is 108 Å². The fourth-order valence-electron chi connectivity index (χ4n) is 3.49. The summed E-state index contributed by atoms with van der Waals surface area (Å²) in [6.45, 7) is 1.14. The summed E-state index contributed by atoms with van der Waals surface area (Å²) in [6, 6.07) is 0. The molecule has 3 nitrogen and oxygen atoms in total. The predicted molar refractivity (Wildman–Crippen MR) is 71.5 cm³/mol. The minimum absolute atomic E-state index is 0.914. The van der Waals surface area contributed by atoms with Gasteiger partial charge in [-0.15, -0.1) is 0 Å². The van der Waals surface area contributed by atoms with Gasteiger partial charge in [-0.05, 0) is 62.7 Å². The van der Waals surface area contributed by atoms with Gasteiger partial charge in [0.2, 0.25) is 0 Å². The Morgan fingerprint density at radius 2 is 1.89 bits per heavy atom. The normalized spacial score (nSPS) is 22.3. The number of nitrogens with one attached hydrogen (secondary N) is 1. The predicted octanol–water partition coefficient (Wildman–Crippen LogP) is 2.81. The van der Waals surface area contributed by atoms with Crippen LogP contribution in [0.3, 0.4) is 0 Å². The third kappa shape index (κ3) is 2.00. The second-order valence-corrected chi connectivity index (χ2v) is 6.22. The molecular formula is C15H21N3. The van der Waals surface area contributed by atoms with E-state index in [4.69, 9.17) is 0 Å². The zero-order valence-corrected chi connectivity index (χ0v) is 10.9. The summed E-state index contributed by atoms with van der Waals surface area (Å²) in [4.78, 5) is 8.85. The minimum Gasteiger partial charge on any atom is -0.369 e. The maximum Gasteiger partial charge on any atom is 0.132 e. The van der Waals surface area contributed by atoms with Crippen molar-refractivity contribution in [2.75, 3.05) is 11.9 Å². The highest BCUT2D eigenvalue weighted by molar-refractivity contribution is 5.48. The molecule has 96 valence electrons. The van der Waals surface area contributed by atoms with Gasteiger partial charge in [0.15, 0.2) is 0 Å². The average Bonchev–Trinajstić information content (AvgIpc) is 3.30. The summed E-state index contributed by atoms with van der Waals surface area (Å²) in [5, 5.41) is 3.64. The van der Waals surface area contributed by atoms with Gasteiger partial charge in [0, 0.05) is 17.8 Å². The van der Waals surface area contributed by atoms with E-state index in [-0.39, 0.29) is 0 Å². The molecule has 1 heterocycles. The van der Waals surface area contributed by atoms with E-state index in [1.807, 2.05) is 0 Å². The third-order valence-corrected chi connectivity index (χ3v) is 4.84. The number of hydrogen-bond acceptors (Lipinski definition) is 3. The molecule has 1 aromatic rings. The highest BCUT2D eigenvalue weighted by Crippen LogP contribution is 2.49. The van der Waals surface area contributed by atoms with Crippen molar-refractivity contribution < 1.29 is 0 Å². The highest BCUT2D eigenvalue weighted by atomic mass is 15.0. The lowest BCUT2D eigenvalue weighted by Crippen LogP contribution is -2.19. The van der Waals surface area contributed by atoms with Crippen LogP contribution in [-0.2, 0) is 12.8 Å². The van der Waals surface area contributed by atoms with E-state index in [2.05, 4.69) is 15.3 Å². The molecular weight excluding hydrogens is 222 g/mol. The van der Waals surface area contributed by atoms with Gasteiger partial charge in [-0.25, -0.2) is 9.97 Å². The fraction of sp³-hybridized carbons (Fsp3) is 0.733. The van der Waals surface area contributed by atoms with Gasteiger partial charge in [0.1, 0.15) is 12.1 Å². The molecule has 4 rings (SSSR count). The van der Waals surface area contributed by atoms with Crippen LogP contribution in [-0.4, -0.2) is 16.5 Å². The highest BCUT2D eigenvalue weighted by Gasteiger charge is 2.41. The number of fused-ring (bicyclic) bond motifs is 1. The fourth-order valence-corrected chi connectivity index (χ4v) is 3.49. The van der Waals surface area contributed by atoms with Crippen molar-refractivity contribution in [3.05, 3.63) is 17.6 Å². The second-order valence-electron chi connectivity index (χ2n) is 6.22. The van der Waals surface area contributed by atoms with E-state index in [1.54, 1.807) is 6.33 Å². The maximum atomic E-state index is 4.46. The lowest BCUT2D eigenvalue weighted by atomic mass is 9.98. The number of anilines is 1. The van der Waals surface area contributed by atoms with Crippen molar-refractivity contribution in [1.82, 2.24) is 9.97 Å². The van der Waals surface area contributed by atoms with Crippen molar-refractivity contribution >= 4 is 5.82 Å². The molecule has 1 N–H and O–H groups in total. The molecule has 3 aliphatic rings. The number of nitrogens with zero attached hydrogens (tertiary/aromatic N) is 2. The largest absolute Gasteiger partial charge is 0.369 e. The zero-order valence-electron chi connectivity index (χ0n) is 10.9. The summed E-state index contributed by atoms with van der Waals surface area (Å²) in [5.41, 5.74) is 2.67. The second kappa shape index (κ2) is 4.22. The number of hydrogen-bond donors (Lipinski definition) is 1. The monoisotopic (exact) mass is 243 g/mol. The first-order valence-corrected chi connectivity index (χ1v) is 7.48. The van der Waals surface area contributed by atoms with Gasteiger partial charge < -0.3 is 5.32 Å². The summed E-state index contributed by atoms with van der Waals surface area (Å²) in [6.07, 6.45) is 11.1. The van der Waals surface area contributed by atoms with Crippen LogP contribution in [0.2, 0.25) is 0 Å². The molecule has 3 heteroatoms. The Kier molecular flexibility index (Phi) is 2.52. The third-order valence-electron chi connectivity index (χ3n) is 4.84. The topological polar surface area (TPSA) is 37.8 Å². The molecule has 0 spiro atoms. The Morgan fingerprint density at radius 1 is 1.11 bits per heavy atom. The Hall–Kier alpha value is -1.12. The van der Waals surface area contributed by atoms with Crippen LogP contribution in [0.5, 0.6) is 0 Å². The van der Waals surface area contributed by atoms with E-state index in [1.165, 1.54) is 43.4 Å². The average molecular weight is 243 g/mol. The van der Waals surface area contributed by atoms with E-state index < -0.39 is 0 Å². The van der Waals surface area contributed by atoms with Gasteiger partial charge in [-0.1, -0.05) is 0 Å². The van der Waals surface area contributed by atoms with E-state index in [0.717, 1.165) is 43.0 Å². The first-order chi connectivity index (χ1) is 8.92. The van der Waals surface area contributed by atoms with Crippen molar-refractivity contribution in [3.63, 3.8) is 0 Å². The summed E-state index contributed by atoms with van der Waals surface area (Å²) in [5.74, 6) is 4.07. The Morgan fingerprint density at radius 3 is 2.61 bits per heavy atom. The van der Waals surface area contributed by atoms with Gasteiger partial charge in [0.25, 0.3) is 0 Å². The van der Waals surface area contributed by atoms with Crippen molar-refractivity contribution in [2.45, 2.75) is 44.9 Å². The molecule has 0 amide bonds. The Bertz CT molecular complexity index is 437. The van der Waals surface area contributed by atoms with Gasteiger partial charge in [-0.3, -0.25) is 0 Å². The molecule has 1 aromatic heterocycles.